The zero-order chi connectivity index (χ0) is 28.3. The van der Waals surface area contributed by atoms with Gasteiger partial charge in [0.1, 0.15) is 17.3 Å². The summed E-state index contributed by atoms with van der Waals surface area (Å²) in [7, 11) is 3.18. The van der Waals surface area contributed by atoms with E-state index in [1.165, 1.54) is 6.07 Å². The van der Waals surface area contributed by atoms with Crippen LogP contribution in [-0.2, 0) is 24.5 Å². The molecule has 5 rings (SSSR count). The fraction of sp³-hybridized carbons (Fsp3) is 0.517. The SMILES string of the molecule is COC1C[C@@H](NC(=O)[C@@H]2N[C@H](CC(C)(C)C)[C@]3(C(=O)Nc4cc(Cl)ccc43)[C@H]2c2cccc(Cl)c2F)C1OC. The quantitative estimate of drug-likeness (QED) is 0.459. The average Bonchev–Trinajstić information content (AvgIpc) is 3.32. The van der Waals surface area contributed by atoms with Crippen LogP contribution in [0.15, 0.2) is 36.4 Å². The van der Waals surface area contributed by atoms with Gasteiger partial charge in [-0.05, 0) is 47.6 Å². The van der Waals surface area contributed by atoms with Gasteiger partial charge in [0.05, 0.1) is 23.2 Å². The summed E-state index contributed by atoms with van der Waals surface area (Å²) < 4.78 is 26.8. The molecule has 39 heavy (non-hydrogen) atoms. The first-order valence-corrected chi connectivity index (χ1v) is 13.9. The molecule has 3 aliphatic rings. The number of benzene rings is 2. The van der Waals surface area contributed by atoms with E-state index in [2.05, 4.69) is 36.7 Å². The van der Waals surface area contributed by atoms with Gasteiger partial charge in [0, 0.05) is 36.9 Å². The Morgan fingerprint density at radius 3 is 2.59 bits per heavy atom. The molecule has 1 aliphatic carbocycles. The number of nitrogens with one attached hydrogen (secondary N) is 3. The summed E-state index contributed by atoms with van der Waals surface area (Å²) in [6.07, 6.45) is 0.692. The standard InChI is InChI=1S/C29H34Cl2FN3O4/c1-28(2,3)13-21-29(16-10-9-14(30)11-18(16)34-27(29)37)22(15-7-6-8-17(31)23(15)32)24(35-21)26(36)33-19-12-20(38-4)25(19)39-5/h6-11,19-22,24-25,35H,12-13H2,1-5H3,(H,33,36)(H,34,37)/t19-,20?,21-,22+,24-,25?,29+/m1/s1. The molecule has 7 nitrogen and oxygen atoms in total. The normalized spacial score (nSPS) is 31.6. The Kier molecular flexibility index (Phi) is 7.48. The zero-order valence-electron chi connectivity index (χ0n) is 22.6. The number of halogens is 3. The highest BCUT2D eigenvalue weighted by molar-refractivity contribution is 6.31. The lowest BCUT2D eigenvalue weighted by Crippen LogP contribution is -2.63. The number of fused-ring (bicyclic) bond motifs is 2. The van der Waals surface area contributed by atoms with Gasteiger partial charge < -0.3 is 25.4 Å². The van der Waals surface area contributed by atoms with Crippen molar-refractivity contribution in [2.45, 2.75) is 75.3 Å². The van der Waals surface area contributed by atoms with Crippen molar-refractivity contribution in [3.63, 3.8) is 0 Å². The lowest BCUT2D eigenvalue weighted by molar-refractivity contribution is -0.139. The van der Waals surface area contributed by atoms with Crippen molar-refractivity contribution in [3.8, 4) is 0 Å². The van der Waals surface area contributed by atoms with Crippen LogP contribution >= 0.6 is 23.2 Å². The van der Waals surface area contributed by atoms with E-state index in [4.69, 9.17) is 32.7 Å². The van der Waals surface area contributed by atoms with Gasteiger partial charge in [0.15, 0.2) is 0 Å². The maximum Gasteiger partial charge on any atom is 0.238 e. The summed E-state index contributed by atoms with van der Waals surface area (Å²) in [5.74, 6) is -2.19. The van der Waals surface area contributed by atoms with E-state index in [1.807, 2.05) is 0 Å². The molecule has 0 aromatic heterocycles. The molecular formula is C29H34Cl2FN3O4. The van der Waals surface area contributed by atoms with Gasteiger partial charge in [-0.25, -0.2) is 4.39 Å². The van der Waals surface area contributed by atoms with Crippen LogP contribution in [0.1, 0.15) is 50.7 Å². The molecule has 0 bridgehead atoms. The lowest BCUT2D eigenvalue weighted by Gasteiger charge is -2.43. The molecule has 1 saturated heterocycles. The van der Waals surface area contributed by atoms with Crippen molar-refractivity contribution in [2.75, 3.05) is 19.5 Å². The Morgan fingerprint density at radius 1 is 1.18 bits per heavy atom. The number of hydrogen-bond donors (Lipinski definition) is 3. The number of carbonyl (C=O) groups excluding carboxylic acids is 2. The molecule has 1 saturated carbocycles. The minimum absolute atomic E-state index is 0.0720. The third-order valence-corrected chi connectivity index (χ3v) is 8.90. The number of ether oxygens (including phenoxy) is 2. The van der Waals surface area contributed by atoms with E-state index in [0.717, 1.165) is 0 Å². The molecule has 2 aromatic carbocycles. The van der Waals surface area contributed by atoms with Gasteiger partial charge in [0.2, 0.25) is 11.8 Å². The summed E-state index contributed by atoms with van der Waals surface area (Å²) in [6, 6.07) is 8.23. The second-order valence-electron chi connectivity index (χ2n) is 11.9. The van der Waals surface area contributed by atoms with E-state index in [9.17, 15) is 9.59 Å². The van der Waals surface area contributed by atoms with Crippen molar-refractivity contribution in [2.24, 2.45) is 5.41 Å². The van der Waals surface area contributed by atoms with Crippen LogP contribution in [-0.4, -0.2) is 56.4 Å². The third kappa shape index (κ3) is 4.64. The summed E-state index contributed by atoms with van der Waals surface area (Å²) in [4.78, 5) is 28.2. The van der Waals surface area contributed by atoms with Crippen LogP contribution < -0.4 is 16.0 Å². The lowest BCUT2D eigenvalue weighted by atomic mass is 9.62. The number of hydrogen-bond acceptors (Lipinski definition) is 5. The highest BCUT2D eigenvalue weighted by Crippen LogP contribution is 2.57. The fourth-order valence-electron chi connectivity index (χ4n) is 6.69. The van der Waals surface area contributed by atoms with Crippen LogP contribution in [0.3, 0.4) is 0 Å². The molecule has 1 spiro atoms. The van der Waals surface area contributed by atoms with Crippen molar-refractivity contribution < 1.29 is 23.5 Å². The van der Waals surface area contributed by atoms with Crippen LogP contribution in [0.2, 0.25) is 10.0 Å². The van der Waals surface area contributed by atoms with E-state index in [0.29, 0.717) is 29.1 Å². The van der Waals surface area contributed by atoms with Crippen LogP contribution in [0.25, 0.3) is 0 Å². The number of rotatable bonds is 6. The maximum atomic E-state index is 15.8. The molecular weight excluding hydrogens is 544 g/mol. The molecule has 2 fully saturated rings. The molecule has 2 aromatic rings. The van der Waals surface area contributed by atoms with Crippen LogP contribution in [0, 0.1) is 11.2 Å². The first-order chi connectivity index (χ1) is 18.4. The monoisotopic (exact) mass is 577 g/mol. The first kappa shape index (κ1) is 28.3. The predicted molar refractivity (Wildman–Crippen MR) is 149 cm³/mol. The number of anilines is 1. The smallest absolute Gasteiger partial charge is 0.238 e. The average molecular weight is 579 g/mol. The summed E-state index contributed by atoms with van der Waals surface area (Å²) in [5.41, 5.74) is -0.0739. The summed E-state index contributed by atoms with van der Waals surface area (Å²) in [6.45, 7) is 6.22. The van der Waals surface area contributed by atoms with Crippen LogP contribution in [0.5, 0.6) is 0 Å². The maximum absolute atomic E-state index is 15.8. The zero-order valence-corrected chi connectivity index (χ0v) is 24.1. The highest BCUT2D eigenvalue weighted by atomic mass is 35.5. The number of carbonyl (C=O) groups is 2. The topological polar surface area (TPSA) is 88.7 Å². The molecule has 2 unspecified atom stereocenters. The van der Waals surface area contributed by atoms with Gasteiger partial charge >= 0.3 is 0 Å². The van der Waals surface area contributed by atoms with Crippen LogP contribution in [0.4, 0.5) is 10.1 Å². The Morgan fingerprint density at radius 2 is 1.92 bits per heavy atom. The second kappa shape index (κ2) is 10.3. The Bertz CT molecular complexity index is 1300. The Labute approximate surface area is 238 Å². The number of amides is 2. The van der Waals surface area contributed by atoms with Gasteiger partial charge in [-0.2, -0.15) is 0 Å². The van der Waals surface area contributed by atoms with Gasteiger partial charge in [-0.1, -0.05) is 62.2 Å². The third-order valence-electron chi connectivity index (χ3n) is 8.37. The molecule has 210 valence electrons. The van der Waals surface area contributed by atoms with Crippen molar-refractivity contribution >= 4 is 40.7 Å². The van der Waals surface area contributed by atoms with E-state index < -0.39 is 29.2 Å². The Balaban J connectivity index is 1.66. The molecule has 2 aliphatic heterocycles. The summed E-state index contributed by atoms with van der Waals surface area (Å²) in [5, 5.41) is 9.94. The van der Waals surface area contributed by atoms with Gasteiger partial charge in [0.25, 0.3) is 0 Å². The molecule has 10 heteroatoms. The summed E-state index contributed by atoms with van der Waals surface area (Å²) >= 11 is 12.5. The van der Waals surface area contributed by atoms with E-state index in [1.54, 1.807) is 44.6 Å². The molecule has 0 radical (unpaired) electrons. The van der Waals surface area contributed by atoms with Gasteiger partial charge in [-0.3, -0.25) is 9.59 Å². The minimum atomic E-state index is -1.30. The van der Waals surface area contributed by atoms with Gasteiger partial charge in [-0.15, -0.1) is 0 Å². The van der Waals surface area contributed by atoms with Crippen molar-refractivity contribution in [1.82, 2.24) is 10.6 Å². The predicted octanol–water partition coefficient (Wildman–Crippen LogP) is 4.80. The highest BCUT2D eigenvalue weighted by Gasteiger charge is 2.66. The Hall–Kier alpha value is -2.23. The molecule has 2 amide bonds. The van der Waals surface area contributed by atoms with E-state index in [-0.39, 0.29) is 46.1 Å². The number of methoxy groups -OCH3 is 2. The molecule has 3 N–H and O–H groups in total. The fourth-order valence-corrected chi connectivity index (χ4v) is 7.05. The van der Waals surface area contributed by atoms with Crippen molar-refractivity contribution in [3.05, 3.63) is 63.4 Å². The second-order valence-corrected chi connectivity index (χ2v) is 12.8. The van der Waals surface area contributed by atoms with Crippen molar-refractivity contribution in [1.29, 1.82) is 0 Å². The minimum Gasteiger partial charge on any atom is -0.379 e. The molecule has 2 heterocycles. The molecule has 7 atom stereocenters. The van der Waals surface area contributed by atoms with E-state index >= 15 is 4.39 Å². The largest absolute Gasteiger partial charge is 0.379 e. The first-order valence-electron chi connectivity index (χ1n) is 13.1.